The molecule has 1 amide bonds. The zero-order chi connectivity index (χ0) is 22.7. The van der Waals surface area contributed by atoms with E-state index in [1.54, 1.807) is 4.90 Å². The molecule has 0 aliphatic carbocycles. The van der Waals surface area contributed by atoms with Gasteiger partial charge in [-0.15, -0.1) is 0 Å². The number of amides is 1. The number of carbonyl (C=O) groups excluding carboxylic acids is 1. The smallest absolute Gasteiger partial charge is 0.410 e. The first-order valence-corrected chi connectivity index (χ1v) is 11.5. The summed E-state index contributed by atoms with van der Waals surface area (Å²) in [6.45, 7) is 8.18. The number of fused-ring (bicyclic) bond motifs is 1. The van der Waals surface area contributed by atoms with Crippen LogP contribution in [0.1, 0.15) is 39.2 Å². The first-order valence-electron chi connectivity index (χ1n) is 11.1. The zero-order valence-electron chi connectivity index (χ0n) is 18.9. The maximum atomic E-state index is 12.3. The summed E-state index contributed by atoms with van der Waals surface area (Å²) in [7, 11) is 0. The van der Waals surface area contributed by atoms with Crippen LogP contribution < -0.4 is 4.74 Å². The third-order valence-electron chi connectivity index (χ3n) is 5.62. The van der Waals surface area contributed by atoms with Crippen molar-refractivity contribution < 1.29 is 14.3 Å². The Labute approximate surface area is 194 Å². The maximum absolute atomic E-state index is 12.3. The molecule has 3 aromatic rings. The van der Waals surface area contributed by atoms with Crippen LogP contribution in [-0.4, -0.2) is 45.8 Å². The summed E-state index contributed by atoms with van der Waals surface area (Å²) in [5.41, 5.74) is 2.46. The Kier molecular flexibility index (Phi) is 6.60. The number of ether oxygens (including phenoxy) is 2. The minimum absolute atomic E-state index is 0.238. The van der Waals surface area contributed by atoms with Gasteiger partial charge in [0.15, 0.2) is 0 Å². The lowest BCUT2D eigenvalue weighted by atomic mass is 9.98. The molecule has 7 heteroatoms. The summed E-state index contributed by atoms with van der Waals surface area (Å²) in [5.74, 6) is 0.363. The van der Waals surface area contributed by atoms with Crippen LogP contribution in [-0.2, 0) is 11.3 Å². The van der Waals surface area contributed by atoms with Gasteiger partial charge in [-0.3, -0.25) is 4.57 Å². The number of aromatic nitrogens is 2. The number of imidazole rings is 1. The molecule has 1 aliphatic heterocycles. The van der Waals surface area contributed by atoms with Crippen LogP contribution in [0.5, 0.6) is 6.01 Å². The lowest BCUT2D eigenvalue weighted by Crippen LogP contribution is -2.42. The van der Waals surface area contributed by atoms with Crippen LogP contribution in [0.25, 0.3) is 11.0 Å². The molecule has 1 aliphatic rings. The van der Waals surface area contributed by atoms with Crippen molar-refractivity contribution in [2.24, 2.45) is 5.92 Å². The molecule has 32 heavy (non-hydrogen) atoms. The molecule has 1 fully saturated rings. The third-order valence-corrected chi connectivity index (χ3v) is 5.99. The van der Waals surface area contributed by atoms with Crippen LogP contribution in [0.4, 0.5) is 4.79 Å². The number of hydrogen-bond acceptors (Lipinski definition) is 4. The van der Waals surface area contributed by atoms with Crippen molar-refractivity contribution in [3.05, 3.63) is 59.1 Å². The van der Waals surface area contributed by atoms with Crippen molar-refractivity contribution in [2.45, 2.75) is 45.8 Å². The third kappa shape index (κ3) is 5.36. The van der Waals surface area contributed by atoms with Crippen molar-refractivity contribution in [3.63, 3.8) is 0 Å². The van der Waals surface area contributed by atoms with Crippen LogP contribution in [0, 0.1) is 5.92 Å². The summed E-state index contributed by atoms with van der Waals surface area (Å²) in [4.78, 5) is 18.8. The van der Waals surface area contributed by atoms with Gasteiger partial charge < -0.3 is 14.4 Å². The Hall–Kier alpha value is -2.73. The number of likely N-dealkylation sites (tertiary alicyclic amines) is 1. The Bertz CT molecular complexity index is 1080. The highest BCUT2D eigenvalue weighted by Crippen LogP contribution is 2.27. The minimum Gasteiger partial charge on any atom is -0.464 e. The van der Waals surface area contributed by atoms with Gasteiger partial charge in [-0.25, -0.2) is 4.79 Å². The second-order valence-electron chi connectivity index (χ2n) is 9.28. The molecule has 0 radical (unpaired) electrons. The number of nitrogens with zero attached hydrogens (tertiary/aromatic N) is 3. The van der Waals surface area contributed by atoms with E-state index in [2.05, 4.69) is 4.57 Å². The van der Waals surface area contributed by atoms with Crippen molar-refractivity contribution in [1.29, 1.82) is 0 Å². The molecule has 1 aromatic heterocycles. The Balaban J connectivity index is 1.42. The van der Waals surface area contributed by atoms with Gasteiger partial charge in [-0.1, -0.05) is 41.9 Å². The van der Waals surface area contributed by atoms with E-state index in [1.807, 2.05) is 69.3 Å². The Morgan fingerprint density at radius 1 is 1.09 bits per heavy atom. The predicted octanol–water partition coefficient (Wildman–Crippen LogP) is 5.76. The van der Waals surface area contributed by atoms with Gasteiger partial charge >= 0.3 is 6.09 Å². The van der Waals surface area contributed by atoms with Gasteiger partial charge in [0.2, 0.25) is 0 Å². The normalized spacial score (nSPS) is 15.2. The standard InChI is InChI=1S/C25H30ClN3O3/c1-25(2,3)32-24(30)28-14-12-18(13-15-28)17-31-23-27-21-10-6-7-11-22(21)29(23)16-19-8-4-5-9-20(19)26/h4-11,18H,12-17H2,1-3H3. The van der Waals surface area contributed by atoms with E-state index in [0.717, 1.165) is 34.5 Å². The van der Waals surface area contributed by atoms with Gasteiger partial charge in [-0.2, -0.15) is 4.98 Å². The molecule has 2 heterocycles. The van der Waals surface area contributed by atoms with E-state index in [9.17, 15) is 4.79 Å². The largest absolute Gasteiger partial charge is 0.464 e. The van der Waals surface area contributed by atoms with Crippen molar-refractivity contribution in [2.75, 3.05) is 19.7 Å². The number of carbonyl (C=O) groups is 1. The van der Waals surface area contributed by atoms with E-state index >= 15 is 0 Å². The molecule has 0 spiro atoms. The number of halogens is 1. The van der Waals surface area contributed by atoms with E-state index in [0.29, 0.717) is 38.2 Å². The molecule has 6 nitrogen and oxygen atoms in total. The molecule has 4 rings (SSSR count). The number of rotatable bonds is 5. The molecular weight excluding hydrogens is 426 g/mol. The molecule has 2 aromatic carbocycles. The predicted molar refractivity (Wildman–Crippen MR) is 126 cm³/mol. The molecule has 170 valence electrons. The first kappa shape index (κ1) is 22.5. The Morgan fingerprint density at radius 2 is 1.78 bits per heavy atom. The van der Waals surface area contributed by atoms with Gasteiger partial charge in [0.25, 0.3) is 6.01 Å². The lowest BCUT2D eigenvalue weighted by Gasteiger charge is -2.33. The minimum atomic E-state index is -0.474. The maximum Gasteiger partial charge on any atom is 0.410 e. The average Bonchev–Trinajstić information content (AvgIpc) is 3.10. The van der Waals surface area contributed by atoms with Crippen LogP contribution >= 0.6 is 11.6 Å². The molecule has 0 atom stereocenters. The van der Waals surface area contributed by atoms with E-state index in [-0.39, 0.29) is 6.09 Å². The first-order chi connectivity index (χ1) is 15.3. The number of benzene rings is 2. The SMILES string of the molecule is CC(C)(C)OC(=O)N1CCC(COc2nc3ccccc3n2Cc2ccccc2Cl)CC1. The van der Waals surface area contributed by atoms with Gasteiger partial charge in [0.1, 0.15) is 5.60 Å². The topological polar surface area (TPSA) is 56.6 Å². The summed E-state index contributed by atoms with van der Waals surface area (Å²) in [6, 6.07) is 16.5. The van der Waals surface area contributed by atoms with Crippen LogP contribution in [0.2, 0.25) is 5.02 Å². The fourth-order valence-corrected chi connectivity index (χ4v) is 4.11. The fraction of sp³-hybridized carbons (Fsp3) is 0.440. The highest BCUT2D eigenvalue weighted by molar-refractivity contribution is 6.31. The van der Waals surface area contributed by atoms with Gasteiger partial charge in [-0.05, 0) is 63.3 Å². The molecule has 1 saturated heterocycles. The molecule has 0 unspecified atom stereocenters. The molecule has 0 saturated carbocycles. The van der Waals surface area contributed by atoms with Crippen molar-refractivity contribution in [1.82, 2.24) is 14.5 Å². The Morgan fingerprint density at radius 3 is 2.50 bits per heavy atom. The highest BCUT2D eigenvalue weighted by atomic mass is 35.5. The number of piperidine rings is 1. The van der Waals surface area contributed by atoms with E-state index in [4.69, 9.17) is 26.1 Å². The molecule has 0 bridgehead atoms. The average molecular weight is 456 g/mol. The summed E-state index contributed by atoms with van der Waals surface area (Å²) >= 11 is 6.41. The lowest BCUT2D eigenvalue weighted by molar-refractivity contribution is 0.0162. The van der Waals surface area contributed by atoms with Crippen LogP contribution in [0.15, 0.2) is 48.5 Å². The van der Waals surface area contributed by atoms with Crippen molar-refractivity contribution >= 4 is 28.7 Å². The van der Waals surface area contributed by atoms with Gasteiger partial charge in [0, 0.05) is 18.1 Å². The molecule has 0 N–H and O–H groups in total. The zero-order valence-corrected chi connectivity index (χ0v) is 19.6. The summed E-state index contributed by atoms with van der Waals surface area (Å²) < 4.78 is 13.8. The summed E-state index contributed by atoms with van der Waals surface area (Å²) in [5, 5.41) is 0.728. The quantitative estimate of drug-likeness (QED) is 0.490. The number of para-hydroxylation sites is 2. The van der Waals surface area contributed by atoms with E-state index < -0.39 is 5.60 Å². The monoisotopic (exact) mass is 455 g/mol. The van der Waals surface area contributed by atoms with Gasteiger partial charge in [0.05, 0.1) is 24.2 Å². The summed E-state index contributed by atoms with van der Waals surface area (Å²) in [6.07, 6.45) is 1.52. The second kappa shape index (κ2) is 9.41. The van der Waals surface area contributed by atoms with Crippen LogP contribution in [0.3, 0.4) is 0 Å². The van der Waals surface area contributed by atoms with Crippen molar-refractivity contribution in [3.8, 4) is 6.01 Å². The highest BCUT2D eigenvalue weighted by Gasteiger charge is 2.27. The number of hydrogen-bond donors (Lipinski definition) is 0. The second-order valence-corrected chi connectivity index (χ2v) is 9.69. The fourth-order valence-electron chi connectivity index (χ4n) is 3.91. The van der Waals surface area contributed by atoms with E-state index in [1.165, 1.54) is 0 Å². The molecular formula is C25H30ClN3O3.